The number of aliphatic hydroxyl groups excluding tert-OH is 3. The standard InChI is InChI=1S/C18H36O2.3C3H6O3.Al/c1-2-3-4-5-6-7-8-9-10-11-12-13-14-15-16-17-18(19)20;3*1-2(4)3(5)6;/h2-17H2,1H3,(H,19,20);3*2,4H,1H3,(H,5,6);/q;;;;+3/p-3. The number of aliphatic hydroxyl groups is 3. The molecule has 4 N–H and O–H groups in total. The molecule has 0 aromatic heterocycles. The van der Waals surface area contributed by atoms with Gasteiger partial charge in [0.25, 0.3) is 0 Å². The molecule has 0 aliphatic heterocycles. The molecular weight excluding hydrogens is 527 g/mol. The van der Waals surface area contributed by atoms with E-state index < -0.39 is 42.2 Å². The first-order valence-corrected chi connectivity index (χ1v) is 13.6. The predicted octanol–water partition coefficient (Wildman–Crippen LogP) is 0.303. The Hall–Kier alpha value is -1.71. The molecule has 3 unspecified atom stereocenters. The van der Waals surface area contributed by atoms with Gasteiger partial charge in [0.15, 0.2) is 0 Å². The maximum absolute atomic E-state index is 10.3. The second kappa shape index (κ2) is 36.3. The molecule has 0 amide bonds. The zero-order valence-electron chi connectivity index (χ0n) is 24.3. The van der Waals surface area contributed by atoms with Gasteiger partial charge in [0.05, 0.1) is 36.2 Å². The van der Waals surface area contributed by atoms with Crippen LogP contribution in [0, 0.1) is 0 Å². The summed E-state index contributed by atoms with van der Waals surface area (Å²) in [6.45, 7) is 5.67. The van der Waals surface area contributed by atoms with Crippen molar-refractivity contribution in [1.29, 1.82) is 0 Å². The van der Waals surface area contributed by atoms with Crippen LogP contribution in [-0.2, 0) is 19.2 Å². The first-order valence-electron chi connectivity index (χ1n) is 13.6. The molecule has 0 fully saturated rings. The Bertz CT molecular complexity index is 525. The maximum atomic E-state index is 10.3. The molecule has 0 spiro atoms. The van der Waals surface area contributed by atoms with Gasteiger partial charge in [0, 0.05) is 6.42 Å². The number of rotatable bonds is 19. The molecule has 0 radical (unpaired) electrons. The van der Waals surface area contributed by atoms with Gasteiger partial charge in [-0.15, -0.1) is 0 Å². The van der Waals surface area contributed by atoms with Gasteiger partial charge in [0.1, 0.15) is 0 Å². The Balaban J connectivity index is -0.000000165. The number of aliphatic carboxylic acids is 4. The molecule has 0 saturated heterocycles. The van der Waals surface area contributed by atoms with Crippen molar-refractivity contribution in [3.05, 3.63) is 0 Å². The largest absolute Gasteiger partial charge is 3.00 e. The third kappa shape index (κ3) is 57.3. The molecule has 0 bridgehead atoms. The summed E-state index contributed by atoms with van der Waals surface area (Å²) in [6, 6.07) is 0. The van der Waals surface area contributed by atoms with Gasteiger partial charge in [-0.1, -0.05) is 96.8 Å². The van der Waals surface area contributed by atoms with Crippen LogP contribution >= 0.6 is 0 Å². The maximum Gasteiger partial charge on any atom is 3.00 e. The van der Waals surface area contributed by atoms with Crippen molar-refractivity contribution in [3.63, 3.8) is 0 Å². The van der Waals surface area contributed by atoms with Gasteiger partial charge in [0.2, 0.25) is 0 Å². The molecule has 0 aliphatic rings. The molecule has 0 saturated carbocycles. The van der Waals surface area contributed by atoms with E-state index in [1.54, 1.807) is 0 Å². The quantitative estimate of drug-likeness (QED) is 0.121. The summed E-state index contributed by atoms with van der Waals surface area (Å²) in [5.74, 6) is -4.96. The van der Waals surface area contributed by atoms with E-state index in [1.807, 2.05) is 0 Å². The average Bonchev–Trinajstić information content (AvgIpc) is 2.82. The number of unbranched alkanes of at least 4 members (excludes halogenated alkanes) is 14. The van der Waals surface area contributed by atoms with Crippen LogP contribution in [0.25, 0.3) is 0 Å². The Morgan fingerprint density at radius 1 is 0.513 bits per heavy atom. The van der Waals surface area contributed by atoms with Crippen molar-refractivity contribution in [2.45, 2.75) is 149 Å². The molecule has 39 heavy (non-hydrogen) atoms. The van der Waals surface area contributed by atoms with E-state index in [2.05, 4.69) is 6.92 Å². The topological polar surface area (TPSA) is 218 Å². The number of carbonyl (C=O) groups is 4. The van der Waals surface area contributed by atoms with E-state index >= 15 is 0 Å². The molecule has 0 heterocycles. The van der Waals surface area contributed by atoms with E-state index in [4.69, 9.17) is 20.4 Å². The second-order valence-electron chi connectivity index (χ2n) is 9.08. The fourth-order valence-electron chi connectivity index (χ4n) is 2.65. The first-order chi connectivity index (χ1) is 17.7. The molecule has 12 heteroatoms. The molecule has 0 rings (SSSR count). The predicted molar refractivity (Wildman–Crippen MR) is 143 cm³/mol. The minimum absolute atomic E-state index is 0. The number of hydrogen-bond donors (Lipinski definition) is 4. The van der Waals surface area contributed by atoms with Crippen molar-refractivity contribution < 1.29 is 54.9 Å². The van der Waals surface area contributed by atoms with Crippen LogP contribution in [0.2, 0.25) is 0 Å². The van der Waals surface area contributed by atoms with Crippen LogP contribution < -0.4 is 15.3 Å². The third-order valence-corrected chi connectivity index (χ3v) is 5.02. The van der Waals surface area contributed by atoms with E-state index in [9.17, 15) is 34.5 Å². The zero-order chi connectivity index (χ0) is 30.4. The van der Waals surface area contributed by atoms with Crippen molar-refractivity contribution in [2.24, 2.45) is 0 Å². The minimum atomic E-state index is -1.44. The molecule has 0 aliphatic carbocycles. The van der Waals surface area contributed by atoms with E-state index in [0.717, 1.165) is 33.6 Å². The zero-order valence-corrected chi connectivity index (χ0v) is 25.4. The Labute approximate surface area is 244 Å². The van der Waals surface area contributed by atoms with Gasteiger partial charge < -0.3 is 50.1 Å². The van der Waals surface area contributed by atoms with Crippen LogP contribution in [0.15, 0.2) is 0 Å². The average molecular weight is 579 g/mol. The fourth-order valence-corrected chi connectivity index (χ4v) is 2.65. The van der Waals surface area contributed by atoms with Crippen molar-refractivity contribution in [2.75, 3.05) is 0 Å². The third-order valence-electron chi connectivity index (χ3n) is 5.02. The number of carboxylic acid groups (broad SMARTS) is 4. The summed E-state index contributed by atoms with van der Waals surface area (Å²) >= 11 is 0. The number of carbonyl (C=O) groups excluding carboxylic acids is 3. The smallest absolute Gasteiger partial charge is 0.547 e. The molecular formula is C27H51AlO11. The Morgan fingerprint density at radius 2 is 0.692 bits per heavy atom. The van der Waals surface area contributed by atoms with Crippen LogP contribution in [0.5, 0.6) is 0 Å². The summed E-state index contributed by atoms with van der Waals surface area (Å²) in [6.07, 6.45) is 16.2. The number of carboxylic acids is 4. The summed E-state index contributed by atoms with van der Waals surface area (Å²) in [4.78, 5) is 38.3. The van der Waals surface area contributed by atoms with E-state index in [-0.39, 0.29) is 17.4 Å². The molecule has 11 nitrogen and oxygen atoms in total. The van der Waals surface area contributed by atoms with Crippen LogP contribution in [-0.4, -0.2) is 80.0 Å². The summed E-state index contributed by atoms with van der Waals surface area (Å²) < 4.78 is 0. The van der Waals surface area contributed by atoms with Gasteiger partial charge >= 0.3 is 23.3 Å². The monoisotopic (exact) mass is 578 g/mol. The van der Waals surface area contributed by atoms with Crippen molar-refractivity contribution in [3.8, 4) is 0 Å². The molecule has 3 atom stereocenters. The first kappa shape index (κ1) is 47.1. The summed E-state index contributed by atoms with van der Waals surface area (Å²) in [5, 5.41) is 60.4. The Kier molecular flexibility index (Phi) is 43.8. The van der Waals surface area contributed by atoms with E-state index in [1.165, 1.54) is 83.5 Å². The van der Waals surface area contributed by atoms with Gasteiger partial charge in [-0.3, -0.25) is 4.79 Å². The van der Waals surface area contributed by atoms with Crippen molar-refractivity contribution in [1.82, 2.24) is 0 Å². The van der Waals surface area contributed by atoms with Gasteiger partial charge in [-0.05, 0) is 27.2 Å². The molecule has 0 aromatic carbocycles. The fraction of sp³-hybridized carbons (Fsp3) is 0.852. The summed E-state index contributed by atoms with van der Waals surface area (Å²) in [5.41, 5.74) is 0. The SMILES string of the molecule is CC(O)C(=O)[O-].CC(O)C(=O)[O-].CC(O)C(=O)[O-].CCCCCCCCCCCCCCCCCC(=O)O.[Al+3]. The van der Waals surface area contributed by atoms with Crippen LogP contribution in [0.3, 0.4) is 0 Å². The van der Waals surface area contributed by atoms with Crippen molar-refractivity contribution >= 4 is 41.2 Å². The van der Waals surface area contributed by atoms with E-state index in [0.29, 0.717) is 6.42 Å². The Morgan fingerprint density at radius 3 is 0.846 bits per heavy atom. The second-order valence-corrected chi connectivity index (χ2v) is 9.08. The molecule has 0 aromatic rings. The normalized spacial score (nSPS) is 11.9. The number of hydrogen-bond acceptors (Lipinski definition) is 10. The van der Waals surface area contributed by atoms with Gasteiger partial charge in [-0.2, -0.15) is 0 Å². The minimum Gasteiger partial charge on any atom is -0.547 e. The van der Waals surface area contributed by atoms with Gasteiger partial charge in [-0.25, -0.2) is 0 Å². The molecule has 228 valence electrons. The summed E-state index contributed by atoms with van der Waals surface area (Å²) in [7, 11) is 0. The van der Waals surface area contributed by atoms with Crippen LogP contribution in [0.1, 0.15) is 130 Å². The van der Waals surface area contributed by atoms with Crippen LogP contribution in [0.4, 0.5) is 0 Å².